The lowest BCUT2D eigenvalue weighted by Gasteiger charge is -2.16. The molecule has 5 rings (SSSR count). The topological polar surface area (TPSA) is 60.6 Å². The Bertz CT molecular complexity index is 1020. The van der Waals surface area contributed by atoms with Gasteiger partial charge in [-0.15, -0.1) is 0 Å². The van der Waals surface area contributed by atoms with E-state index < -0.39 is 0 Å². The summed E-state index contributed by atoms with van der Waals surface area (Å²) in [7, 11) is 0. The third-order valence-corrected chi connectivity index (χ3v) is 5.74. The summed E-state index contributed by atoms with van der Waals surface area (Å²) in [5, 5.41) is 4.90. The van der Waals surface area contributed by atoms with Gasteiger partial charge in [-0.1, -0.05) is 41.0 Å². The Hall–Kier alpha value is -2.57. The van der Waals surface area contributed by atoms with Crippen molar-refractivity contribution in [3.63, 3.8) is 0 Å². The number of aryl methyl sites for hydroxylation is 1. The van der Waals surface area contributed by atoms with E-state index in [1.54, 1.807) is 0 Å². The van der Waals surface area contributed by atoms with E-state index >= 15 is 0 Å². The third kappa shape index (κ3) is 3.23. The second-order valence-corrected chi connectivity index (χ2v) is 7.70. The Balaban J connectivity index is 1.29. The molecule has 2 aliphatic rings. The Labute approximate surface area is 168 Å². The molecule has 1 unspecified atom stereocenters. The summed E-state index contributed by atoms with van der Waals surface area (Å²) >= 11 is 6.42. The van der Waals surface area contributed by atoms with Crippen molar-refractivity contribution < 1.29 is 14.0 Å². The number of benzene rings is 2. The molecule has 1 fully saturated rings. The van der Waals surface area contributed by atoms with Crippen LogP contribution in [0.4, 0.5) is 0 Å². The molecule has 0 saturated carbocycles. The fraction of sp³-hybridized carbons (Fsp3) is 0.333. The highest BCUT2D eigenvalue weighted by atomic mass is 35.5. The summed E-state index contributed by atoms with van der Waals surface area (Å²) in [6, 6.07) is 11.9. The summed E-state index contributed by atoms with van der Waals surface area (Å²) < 4.78 is 16.4. The molecule has 2 aromatic carbocycles. The third-order valence-electron chi connectivity index (χ3n) is 5.38. The van der Waals surface area contributed by atoms with Crippen LogP contribution in [0, 0.1) is 6.92 Å². The van der Waals surface area contributed by atoms with Crippen molar-refractivity contribution in [3.8, 4) is 22.9 Å². The molecule has 1 aromatic heterocycles. The van der Waals surface area contributed by atoms with Crippen LogP contribution >= 0.6 is 11.6 Å². The van der Waals surface area contributed by atoms with Gasteiger partial charge in [-0.2, -0.15) is 4.98 Å². The van der Waals surface area contributed by atoms with Crippen molar-refractivity contribution >= 4 is 11.6 Å². The summed E-state index contributed by atoms with van der Waals surface area (Å²) in [4.78, 5) is 7.02. The van der Waals surface area contributed by atoms with Crippen LogP contribution in [0.15, 0.2) is 40.9 Å². The van der Waals surface area contributed by atoms with E-state index in [2.05, 4.69) is 28.0 Å². The Morgan fingerprint density at radius 1 is 1.18 bits per heavy atom. The molecule has 2 aliphatic heterocycles. The van der Waals surface area contributed by atoms with Gasteiger partial charge in [-0.3, -0.25) is 4.90 Å². The van der Waals surface area contributed by atoms with E-state index in [1.165, 1.54) is 0 Å². The molecular formula is C21H20ClN3O3. The highest BCUT2D eigenvalue weighted by Gasteiger charge is 2.29. The maximum Gasteiger partial charge on any atom is 0.231 e. The van der Waals surface area contributed by atoms with Crippen LogP contribution < -0.4 is 9.47 Å². The first kappa shape index (κ1) is 17.5. The average molecular weight is 398 g/mol. The van der Waals surface area contributed by atoms with Crippen molar-refractivity contribution in [2.24, 2.45) is 0 Å². The molecule has 0 radical (unpaired) electrons. The molecule has 7 heteroatoms. The van der Waals surface area contributed by atoms with Crippen LogP contribution in [0.3, 0.4) is 0 Å². The van der Waals surface area contributed by atoms with E-state index in [0.717, 1.165) is 48.5 Å². The molecule has 1 atom stereocenters. The van der Waals surface area contributed by atoms with Crippen LogP contribution in [0.2, 0.25) is 5.02 Å². The highest BCUT2D eigenvalue weighted by molar-refractivity contribution is 6.31. The highest BCUT2D eigenvalue weighted by Crippen LogP contribution is 2.38. The number of likely N-dealkylation sites (tertiary alicyclic amines) is 1. The van der Waals surface area contributed by atoms with Gasteiger partial charge in [0.2, 0.25) is 18.5 Å². The lowest BCUT2D eigenvalue weighted by Crippen LogP contribution is -2.20. The number of fused-ring (bicyclic) bond motifs is 1. The lowest BCUT2D eigenvalue weighted by atomic mass is 10.1. The molecule has 0 bridgehead atoms. The van der Waals surface area contributed by atoms with Gasteiger partial charge in [0, 0.05) is 29.7 Å². The Morgan fingerprint density at radius 3 is 2.86 bits per heavy atom. The van der Waals surface area contributed by atoms with E-state index in [4.69, 9.17) is 25.6 Å². The van der Waals surface area contributed by atoms with E-state index in [0.29, 0.717) is 22.5 Å². The zero-order valence-corrected chi connectivity index (χ0v) is 16.3. The molecule has 0 N–H and O–H groups in total. The minimum Gasteiger partial charge on any atom is -0.454 e. The van der Waals surface area contributed by atoms with Crippen LogP contribution in [-0.4, -0.2) is 34.9 Å². The average Bonchev–Trinajstić information content (AvgIpc) is 3.42. The van der Waals surface area contributed by atoms with Gasteiger partial charge in [0.1, 0.15) is 0 Å². The van der Waals surface area contributed by atoms with E-state index in [-0.39, 0.29) is 12.7 Å². The van der Waals surface area contributed by atoms with Gasteiger partial charge in [-0.05, 0) is 37.1 Å². The summed E-state index contributed by atoms with van der Waals surface area (Å²) in [5.74, 6) is 3.07. The second-order valence-electron chi connectivity index (χ2n) is 7.29. The molecule has 3 aromatic rings. The molecule has 1 saturated heterocycles. The molecule has 0 aliphatic carbocycles. The molecule has 0 amide bonds. The van der Waals surface area contributed by atoms with E-state index in [1.807, 2.05) is 30.3 Å². The van der Waals surface area contributed by atoms with Gasteiger partial charge in [-0.25, -0.2) is 0 Å². The van der Waals surface area contributed by atoms with E-state index in [9.17, 15) is 0 Å². The molecule has 0 spiro atoms. The Morgan fingerprint density at radius 2 is 2.00 bits per heavy atom. The number of aromatic nitrogens is 2. The zero-order chi connectivity index (χ0) is 19.1. The summed E-state index contributed by atoms with van der Waals surface area (Å²) in [6.07, 6.45) is 0.984. The normalized spacial score (nSPS) is 18.7. The maximum atomic E-state index is 6.42. The molecule has 3 heterocycles. The van der Waals surface area contributed by atoms with Crippen LogP contribution in [0.5, 0.6) is 11.5 Å². The minimum atomic E-state index is 0.234. The van der Waals surface area contributed by atoms with Crippen molar-refractivity contribution in [3.05, 3.63) is 58.4 Å². The number of ether oxygens (including phenoxy) is 2. The van der Waals surface area contributed by atoms with Gasteiger partial charge in [0.15, 0.2) is 11.5 Å². The summed E-state index contributed by atoms with van der Waals surface area (Å²) in [6.45, 7) is 4.88. The van der Waals surface area contributed by atoms with Crippen LogP contribution in [-0.2, 0) is 6.54 Å². The fourth-order valence-electron chi connectivity index (χ4n) is 3.83. The number of hydrogen-bond acceptors (Lipinski definition) is 6. The van der Waals surface area contributed by atoms with Crippen LogP contribution in [0.1, 0.15) is 29.4 Å². The first-order valence-corrected chi connectivity index (χ1v) is 9.75. The quantitative estimate of drug-likeness (QED) is 0.649. The zero-order valence-electron chi connectivity index (χ0n) is 15.5. The first-order valence-electron chi connectivity index (χ1n) is 9.37. The smallest absolute Gasteiger partial charge is 0.231 e. The predicted molar refractivity (Wildman–Crippen MR) is 105 cm³/mol. The van der Waals surface area contributed by atoms with Crippen LogP contribution in [0.25, 0.3) is 11.4 Å². The van der Waals surface area contributed by atoms with Crippen molar-refractivity contribution in [2.45, 2.75) is 25.8 Å². The maximum absolute atomic E-state index is 6.42. The minimum absolute atomic E-state index is 0.234. The molecular weight excluding hydrogens is 378 g/mol. The first-order chi connectivity index (χ1) is 13.7. The molecule has 6 nitrogen and oxygen atoms in total. The Kier molecular flexibility index (Phi) is 4.45. The lowest BCUT2D eigenvalue weighted by molar-refractivity contribution is 0.174. The standard InChI is InChI=1S/C21H20ClN3O3/c1-13-4-2-3-5-16(13)20-23-21(28-24-20)14-6-7-25(10-14)11-15-8-18-19(9-17(15)22)27-12-26-18/h2-5,8-9,14H,6-7,10-12H2,1H3. The van der Waals surface area contributed by atoms with Gasteiger partial charge >= 0.3 is 0 Å². The van der Waals surface area contributed by atoms with Crippen molar-refractivity contribution in [2.75, 3.05) is 19.9 Å². The van der Waals surface area contributed by atoms with Crippen molar-refractivity contribution in [1.82, 2.24) is 15.0 Å². The predicted octanol–water partition coefficient (Wildman–Crippen LogP) is 4.42. The SMILES string of the molecule is Cc1ccccc1-c1noc(C2CCN(Cc3cc4c(cc3Cl)OCO4)C2)n1. The number of rotatable bonds is 4. The number of nitrogens with zero attached hydrogens (tertiary/aromatic N) is 3. The van der Waals surface area contributed by atoms with Gasteiger partial charge in [0.25, 0.3) is 0 Å². The van der Waals surface area contributed by atoms with Gasteiger partial charge < -0.3 is 14.0 Å². The fourth-order valence-corrected chi connectivity index (χ4v) is 4.05. The second kappa shape index (κ2) is 7.11. The largest absolute Gasteiger partial charge is 0.454 e. The van der Waals surface area contributed by atoms with Gasteiger partial charge in [0.05, 0.1) is 5.92 Å². The molecule has 144 valence electrons. The summed E-state index contributed by atoms with van der Waals surface area (Å²) in [5.41, 5.74) is 3.19. The molecule has 28 heavy (non-hydrogen) atoms. The number of hydrogen-bond donors (Lipinski definition) is 0. The number of halogens is 1. The monoisotopic (exact) mass is 397 g/mol. The van der Waals surface area contributed by atoms with Crippen molar-refractivity contribution in [1.29, 1.82) is 0 Å².